The van der Waals surface area contributed by atoms with Crippen molar-refractivity contribution in [1.82, 2.24) is 20.1 Å². The van der Waals surface area contributed by atoms with Gasteiger partial charge in [-0.15, -0.1) is 10.2 Å². The lowest BCUT2D eigenvalue weighted by atomic mass is 9.82. The highest BCUT2D eigenvalue weighted by atomic mass is 16.1. The number of nitrogens with one attached hydrogen (secondary N) is 1. The number of carbonyl (C=O) groups excluding carboxylic acids is 1. The van der Waals surface area contributed by atoms with E-state index in [0.29, 0.717) is 18.9 Å². The van der Waals surface area contributed by atoms with Gasteiger partial charge in [0.05, 0.1) is 0 Å². The van der Waals surface area contributed by atoms with Crippen molar-refractivity contribution < 1.29 is 4.79 Å². The zero-order valence-corrected chi connectivity index (χ0v) is 14.0. The van der Waals surface area contributed by atoms with Crippen LogP contribution in [-0.2, 0) is 37.0 Å². The summed E-state index contributed by atoms with van der Waals surface area (Å²) in [5, 5.41) is 11.5. The van der Waals surface area contributed by atoms with Crippen molar-refractivity contribution in [3.63, 3.8) is 0 Å². The van der Waals surface area contributed by atoms with Crippen molar-refractivity contribution in [2.24, 2.45) is 5.92 Å². The van der Waals surface area contributed by atoms with E-state index in [1.165, 1.54) is 11.1 Å². The van der Waals surface area contributed by atoms with Gasteiger partial charge >= 0.3 is 0 Å². The van der Waals surface area contributed by atoms with Crippen molar-refractivity contribution in [3.8, 4) is 0 Å². The Hall–Kier alpha value is -2.17. The lowest BCUT2D eigenvalue weighted by molar-refractivity contribution is -0.122. The first-order valence-corrected chi connectivity index (χ1v) is 9.04. The smallest absolute Gasteiger partial charge is 0.220 e. The zero-order chi connectivity index (χ0) is 16.4. The minimum atomic E-state index is 0.167. The summed E-state index contributed by atoms with van der Waals surface area (Å²) in [6.07, 6.45) is 6.83. The zero-order valence-electron chi connectivity index (χ0n) is 14.0. The molecule has 1 atom stereocenters. The van der Waals surface area contributed by atoms with E-state index in [0.717, 1.165) is 56.7 Å². The van der Waals surface area contributed by atoms with Gasteiger partial charge in [-0.05, 0) is 42.7 Å². The van der Waals surface area contributed by atoms with E-state index in [4.69, 9.17) is 0 Å². The molecule has 0 saturated carbocycles. The number of nitrogens with zero attached hydrogens (tertiary/aromatic N) is 3. The number of aryl methyl sites for hydroxylation is 2. The third kappa shape index (κ3) is 3.21. The van der Waals surface area contributed by atoms with Crippen LogP contribution in [0.5, 0.6) is 0 Å². The van der Waals surface area contributed by atoms with E-state index in [1.807, 2.05) is 0 Å². The number of fused-ring (bicyclic) bond motifs is 2. The van der Waals surface area contributed by atoms with E-state index < -0.39 is 0 Å². The first kappa shape index (κ1) is 15.4. The number of hydrogen-bond acceptors (Lipinski definition) is 3. The number of amides is 1. The van der Waals surface area contributed by atoms with E-state index in [-0.39, 0.29) is 5.91 Å². The molecule has 5 heteroatoms. The molecule has 0 radical (unpaired) electrons. The Morgan fingerprint density at radius 3 is 3.00 bits per heavy atom. The maximum absolute atomic E-state index is 12.2. The van der Waals surface area contributed by atoms with Gasteiger partial charge in [0, 0.05) is 32.4 Å². The predicted octanol–water partition coefficient (Wildman–Crippen LogP) is 2.08. The van der Waals surface area contributed by atoms with Crippen LogP contribution in [0.25, 0.3) is 0 Å². The SMILES string of the molecule is O=C(CC1CCc2ccccc2C1)NCCc1nnc2n1CCC2. The van der Waals surface area contributed by atoms with Gasteiger partial charge in [0.25, 0.3) is 0 Å². The maximum atomic E-state index is 12.2. The summed E-state index contributed by atoms with van der Waals surface area (Å²) in [5.41, 5.74) is 2.87. The van der Waals surface area contributed by atoms with Gasteiger partial charge in [-0.1, -0.05) is 24.3 Å². The molecule has 2 heterocycles. The molecule has 24 heavy (non-hydrogen) atoms. The van der Waals surface area contributed by atoms with Crippen molar-refractivity contribution in [2.45, 2.75) is 51.5 Å². The fourth-order valence-corrected chi connectivity index (χ4v) is 3.99. The van der Waals surface area contributed by atoms with Crippen LogP contribution in [0.15, 0.2) is 24.3 Å². The Bertz CT molecular complexity index is 737. The van der Waals surface area contributed by atoms with Crippen molar-refractivity contribution in [1.29, 1.82) is 0 Å². The highest BCUT2D eigenvalue weighted by molar-refractivity contribution is 5.76. The molecule has 1 aromatic heterocycles. The second kappa shape index (κ2) is 6.75. The largest absolute Gasteiger partial charge is 0.356 e. The molecule has 1 N–H and O–H groups in total. The van der Waals surface area contributed by atoms with Crippen LogP contribution < -0.4 is 5.32 Å². The standard InChI is InChI=1S/C19H24N4O/c24-19(13-14-7-8-15-4-1-2-5-16(15)12-14)20-10-9-18-22-21-17-6-3-11-23(17)18/h1-2,4-5,14H,3,6-13H2,(H,20,24). The van der Waals surface area contributed by atoms with Crippen LogP contribution in [0.2, 0.25) is 0 Å². The molecule has 1 amide bonds. The maximum Gasteiger partial charge on any atom is 0.220 e. The Morgan fingerprint density at radius 2 is 2.08 bits per heavy atom. The Morgan fingerprint density at radius 1 is 1.21 bits per heavy atom. The summed E-state index contributed by atoms with van der Waals surface area (Å²) < 4.78 is 2.20. The first-order chi connectivity index (χ1) is 11.8. The summed E-state index contributed by atoms with van der Waals surface area (Å²) in [6.45, 7) is 1.67. The van der Waals surface area contributed by atoms with Crippen LogP contribution in [0.4, 0.5) is 0 Å². The summed E-state index contributed by atoms with van der Waals surface area (Å²) in [6, 6.07) is 8.61. The summed E-state index contributed by atoms with van der Waals surface area (Å²) >= 11 is 0. The molecule has 1 aliphatic heterocycles. The number of benzene rings is 1. The topological polar surface area (TPSA) is 59.8 Å². The molecule has 0 spiro atoms. The lowest BCUT2D eigenvalue weighted by Crippen LogP contribution is -2.29. The van der Waals surface area contributed by atoms with Crippen LogP contribution in [-0.4, -0.2) is 27.2 Å². The Kier molecular flexibility index (Phi) is 4.32. The van der Waals surface area contributed by atoms with Gasteiger partial charge in [0.1, 0.15) is 11.6 Å². The Balaban J connectivity index is 1.24. The second-order valence-electron chi connectivity index (χ2n) is 6.97. The minimum Gasteiger partial charge on any atom is -0.356 e. The predicted molar refractivity (Wildman–Crippen MR) is 91.6 cm³/mol. The van der Waals surface area contributed by atoms with Crippen LogP contribution in [0.1, 0.15) is 42.0 Å². The first-order valence-electron chi connectivity index (χ1n) is 9.04. The van der Waals surface area contributed by atoms with Gasteiger partial charge in [-0.2, -0.15) is 0 Å². The summed E-state index contributed by atoms with van der Waals surface area (Å²) in [7, 11) is 0. The molecule has 0 bridgehead atoms. The molecule has 1 aliphatic carbocycles. The van der Waals surface area contributed by atoms with E-state index in [1.54, 1.807) is 0 Å². The van der Waals surface area contributed by atoms with Gasteiger partial charge < -0.3 is 9.88 Å². The third-order valence-corrected chi connectivity index (χ3v) is 5.28. The minimum absolute atomic E-state index is 0.167. The molecule has 0 fully saturated rings. The molecular weight excluding hydrogens is 300 g/mol. The van der Waals surface area contributed by atoms with Crippen molar-refractivity contribution >= 4 is 5.91 Å². The average molecular weight is 324 g/mol. The number of aromatic nitrogens is 3. The second-order valence-corrected chi connectivity index (χ2v) is 6.97. The lowest BCUT2D eigenvalue weighted by Gasteiger charge is -2.24. The number of carbonyl (C=O) groups is 1. The molecule has 0 saturated heterocycles. The molecule has 1 unspecified atom stereocenters. The van der Waals surface area contributed by atoms with Gasteiger partial charge in [0.2, 0.25) is 5.91 Å². The molecule has 2 aliphatic rings. The monoisotopic (exact) mass is 324 g/mol. The van der Waals surface area contributed by atoms with E-state index in [2.05, 4.69) is 44.3 Å². The van der Waals surface area contributed by atoms with E-state index in [9.17, 15) is 4.79 Å². The van der Waals surface area contributed by atoms with Gasteiger partial charge in [0.15, 0.2) is 0 Å². The van der Waals surface area contributed by atoms with Gasteiger partial charge in [-0.3, -0.25) is 4.79 Å². The van der Waals surface area contributed by atoms with Crippen LogP contribution in [0.3, 0.4) is 0 Å². The molecular formula is C19H24N4O. The normalized spacial score (nSPS) is 18.9. The Labute approximate surface area is 142 Å². The van der Waals surface area contributed by atoms with Gasteiger partial charge in [-0.25, -0.2) is 0 Å². The highest BCUT2D eigenvalue weighted by Gasteiger charge is 2.21. The average Bonchev–Trinajstić information content (AvgIpc) is 3.19. The molecule has 1 aromatic carbocycles. The van der Waals surface area contributed by atoms with E-state index >= 15 is 0 Å². The number of hydrogen-bond donors (Lipinski definition) is 1. The van der Waals surface area contributed by atoms with Crippen LogP contribution >= 0.6 is 0 Å². The van der Waals surface area contributed by atoms with Crippen molar-refractivity contribution in [3.05, 3.63) is 47.0 Å². The fraction of sp³-hybridized carbons (Fsp3) is 0.526. The fourth-order valence-electron chi connectivity index (χ4n) is 3.99. The molecule has 5 nitrogen and oxygen atoms in total. The molecule has 126 valence electrons. The molecule has 2 aromatic rings. The highest BCUT2D eigenvalue weighted by Crippen LogP contribution is 2.27. The van der Waals surface area contributed by atoms with Crippen LogP contribution in [0, 0.1) is 5.92 Å². The third-order valence-electron chi connectivity index (χ3n) is 5.28. The quantitative estimate of drug-likeness (QED) is 0.916. The summed E-state index contributed by atoms with van der Waals surface area (Å²) in [4.78, 5) is 12.2. The van der Waals surface area contributed by atoms with Crippen molar-refractivity contribution in [2.75, 3.05) is 6.54 Å². The summed E-state index contributed by atoms with van der Waals surface area (Å²) in [5.74, 6) is 2.74. The molecule has 4 rings (SSSR count). The number of rotatable bonds is 5.